The highest BCUT2D eigenvalue weighted by Crippen LogP contribution is 2.40. The minimum Gasteiger partial charge on any atom is -0.482 e. The number of hydrogen-bond donors (Lipinski definition) is 0. The van der Waals surface area contributed by atoms with Crippen LogP contribution < -0.4 is 9.64 Å². The van der Waals surface area contributed by atoms with E-state index in [2.05, 4.69) is 18.7 Å². The van der Waals surface area contributed by atoms with Crippen LogP contribution in [0.1, 0.15) is 46.0 Å². The Balaban J connectivity index is 1.34. The number of fused-ring (bicyclic) bond motifs is 3. The van der Waals surface area contributed by atoms with Crippen LogP contribution in [0.15, 0.2) is 24.3 Å². The van der Waals surface area contributed by atoms with Crippen molar-refractivity contribution >= 4 is 11.6 Å². The lowest BCUT2D eigenvalue weighted by Gasteiger charge is -2.41. The average Bonchev–Trinajstić information content (AvgIpc) is 2.92. The number of rotatable bonds is 8. The molecule has 0 aliphatic carbocycles. The van der Waals surface area contributed by atoms with Crippen LogP contribution in [0, 0.1) is 11.8 Å². The zero-order chi connectivity index (χ0) is 19.5. The van der Waals surface area contributed by atoms with E-state index in [0.29, 0.717) is 5.92 Å². The second-order valence-electron chi connectivity index (χ2n) is 8.77. The molecule has 28 heavy (non-hydrogen) atoms. The van der Waals surface area contributed by atoms with Gasteiger partial charge < -0.3 is 14.4 Å². The molecule has 0 saturated carbocycles. The van der Waals surface area contributed by atoms with Gasteiger partial charge in [-0.15, -0.1) is 0 Å². The molecule has 1 aromatic carbocycles. The predicted octanol–water partition coefficient (Wildman–Crippen LogP) is 3.72. The normalized spacial score (nSPS) is 28.1. The molecular formula is C23H34N2O3. The molecule has 0 unspecified atom stereocenters. The largest absolute Gasteiger partial charge is 0.482 e. The van der Waals surface area contributed by atoms with E-state index in [9.17, 15) is 4.79 Å². The zero-order valence-corrected chi connectivity index (χ0v) is 17.3. The predicted molar refractivity (Wildman–Crippen MR) is 111 cm³/mol. The third-order valence-corrected chi connectivity index (χ3v) is 6.68. The Bertz CT molecular complexity index is 666. The molecule has 0 spiro atoms. The molecule has 4 atom stereocenters. The molecule has 0 aromatic heterocycles. The molecule has 3 aliphatic rings. The molecule has 1 amide bonds. The van der Waals surface area contributed by atoms with Crippen LogP contribution >= 0.6 is 0 Å². The van der Waals surface area contributed by atoms with E-state index in [0.717, 1.165) is 55.7 Å². The Morgan fingerprint density at radius 2 is 1.93 bits per heavy atom. The summed E-state index contributed by atoms with van der Waals surface area (Å²) in [5, 5.41) is 0. The van der Waals surface area contributed by atoms with Crippen LogP contribution in [0.5, 0.6) is 5.75 Å². The number of carbonyl (C=O) groups is 1. The van der Waals surface area contributed by atoms with Gasteiger partial charge >= 0.3 is 0 Å². The van der Waals surface area contributed by atoms with Crippen molar-refractivity contribution in [2.24, 2.45) is 11.8 Å². The van der Waals surface area contributed by atoms with Crippen molar-refractivity contribution in [3.63, 3.8) is 0 Å². The molecule has 0 N–H and O–H groups in total. The minimum absolute atomic E-state index is 0.0724. The van der Waals surface area contributed by atoms with Gasteiger partial charge in [0.15, 0.2) is 6.61 Å². The highest BCUT2D eigenvalue weighted by Gasteiger charge is 2.41. The molecule has 2 saturated heterocycles. The van der Waals surface area contributed by atoms with Crippen LogP contribution in [0.3, 0.4) is 0 Å². The number of para-hydroxylation sites is 2. The van der Waals surface area contributed by atoms with Crippen molar-refractivity contribution in [1.82, 2.24) is 4.90 Å². The van der Waals surface area contributed by atoms with E-state index in [-0.39, 0.29) is 12.5 Å². The Hall–Kier alpha value is -1.59. The van der Waals surface area contributed by atoms with Crippen LogP contribution in [0.4, 0.5) is 5.69 Å². The SMILES string of the molecule is CCOCC[C@@H]1C[C@H]2CC[C@@H](C1)N2C[C@@H](C)CN1C(=O)COc2ccccc21. The van der Waals surface area contributed by atoms with Crippen molar-refractivity contribution in [1.29, 1.82) is 0 Å². The number of amides is 1. The summed E-state index contributed by atoms with van der Waals surface area (Å²) in [5.74, 6) is 2.16. The van der Waals surface area contributed by atoms with Gasteiger partial charge in [-0.2, -0.15) is 0 Å². The van der Waals surface area contributed by atoms with Gasteiger partial charge in [0, 0.05) is 38.4 Å². The maximum absolute atomic E-state index is 12.5. The van der Waals surface area contributed by atoms with Gasteiger partial charge in [-0.3, -0.25) is 9.69 Å². The van der Waals surface area contributed by atoms with Crippen LogP contribution in [0.2, 0.25) is 0 Å². The summed E-state index contributed by atoms with van der Waals surface area (Å²) in [7, 11) is 0. The monoisotopic (exact) mass is 386 g/mol. The Labute approximate surface area is 169 Å². The first-order valence-electron chi connectivity index (χ1n) is 11.0. The van der Waals surface area contributed by atoms with Crippen LogP contribution in [-0.4, -0.2) is 55.8 Å². The Morgan fingerprint density at radius 3 is 2.68 bits per heavy atom. The molecule has 2 bridgehead atoms. The lowest BCUT2D eigenvalue weighted by Crippen LogP contribution is -2.48. The lowest BCUT2D eigenvalue weighted by molar-refractivity contribution is -0.121. The maximum Gasteiger partial charge on any atom is 0.265 e. The van der Waals surface area contributed by atoms with E-state index >= 15 is 0 Å². The van der Waals surface area contributed by atoms with Gasteiger partial charge in [-0.1, -0.05) is 19.1 Å². The van der Waals surface area contributed by atoms with E-state index in [1.807, 2.05) is 29.2 Å². The topological polar surface area (TPSA) is 42.0 Å². The van der Waals surface area contributed by atoms with E-state index in [1.54, 1.807) is 0 Å². The zero-order valence-electron chi connectivity index (χ0n) is 17.3. The van der Waals surface area contributed by atoms with Crippen LogP contribution in [-0.2, 0) is 9.53 Å². The third-order valence-electron chi connectivity index (χ3n) is 6.68. The number of piperidine rings is 1. The molecule has 3 heterocycles. The van der Waals surface area contributed by atoms with Crippen molar-refractivity contribution in [3.8, 4) is 5.75 Å². The van der Waals surface area contributed by atoms with Crippen molar-refractivity contribution in [3.05, 3.63) is 24.3 Å². The quantitative estimate of drug-likeness (QED) is 0.639. The fourth-order valence-corrected chi connectivity index (χ4v) is 5.40. The summed E-state index contributed by atoms with van der Waals surface area (Å²) < 4.78 is 11.2. The average molecular weight is 387 g/mol. The first kappa shape index (κ1) is 19.7. The summed E-state index contributed by atoms with van der Waals surface area (Å²) >= 11 is 0. The summed E-state index contributed by atoms with van der Waals surface area (Å²) in [5.41, 5.74) is 0.920. The minimum atomic E-state index is 0.0724. The van der Waals surface area contributed by atoms with E-state index < -0.39 is 0 Å². The third kappa shape index (κ3) is 4.20. The second-order valence-corrected chi connectivity index (χ2v) is 8.77. The second kappa shape index (κ2) is 8.83. The number of nitrogens with zero attached hydrogens (tertiary/aromatic N) is 2. The van der Waals surface area contributed by atoms with Gasteiger partial charge in [-0.05, 0) is 63.0 Å². The van der Waals surface area contributed by atoms with Crippen LogP contribution in [0.25, 0.3) is 0 Å². The molecule has 1 aromatic rings. The standard InChI is InChI=1S/C23H34N2O3/c1-3-27-11-10-18-12-19-8-9-20(13-18)24(19)14-17(2)15-25-21-6-4-5-7-22(21)28-16-23(25)26/h4-7,17-20H,3,8-16H2,1-2H3/t17-,18-,19-,20+/m1/s1. The maximum atomic E-state index is 12.5. The number of carbonyl (C=O) groups excluding carboxylic acids is 1. The van der Waals surface area contributed by atoms with E-state index in [1.165, 1.54) is 32.1 Å². The molecule has 0 radical (unpaired) electrons. The molecule has 4 rings (SSSR count). The highest BCUT2D eigenvalue weighted by atomic mass is 16.5. The summed E-state index contributed by atoms with van der Waals surface area (Å²) in [4.78, 5) is 17.1. The van der Waals surface area contributed by atoms with Gasteiger partial charge in [-0.25, -0.2) is 0 Å². The van der Waals surface area contributed by atoms with E-state index in [4.69, 9.17) is 9.47 Å². The molecule has 2 fully saturated rings. The fourth-order valence-electron chi connectivity index (χ4n) is 5.40. The van der Waals surface area contributed by atoms with Crippen molar-refractivity contribution in [2.75, 3.05) is 37.8 Å². The highest BCUT2D eigenvalue weighted by molar-refractivity contribution is 5.97. The summed E-state index contributed by atoms with van der Waals surface area (Å²) in [6.07, 6.45) is 6.51. The van der Waals surface area contributed by atoms with Gasteiger partial charge in [0.1, 0.15) is 5.75 Å². The Kier molecular flexibility index (Phi) is 6.22. The van der Waals surface area contributed by atoms with Gasteiger partial charge in [0.05, 0.1) is 5.69 Å². The molecule has 154 valence electrons. The molecular weight excluding hydrogens is 352 g/mol. The van der Waals surface area contributed by atoms with Gasteiger partial charge in [0.2, 0.25) is 0 Å². The Morgan fingerprint density at radius 1 is 1.18 bits per heavy atom. The number of anilines is 1. The first-order valence-corrected chi connectivity index (χ1v) is 11.0. The fraction of sp³-hybridized carbons (Fsp3) is 0.696. The van der Waals surface area contributed by atoms with Crippen molar-refractivity contribution in [2.45, 2.75) is 58.0 Å². The summed E-state index contributed by atoms with van der Waals surface area (Å²) in [6, 6.07) is 9.33. The smallest absolute Gasteiger partial charge is 0.265 e. The van der Waals surface area contributed by atoms with Gasteiger partial charge in [0.25, 0.3) is 5.91 Å². The first-order chi connectivity index (χ1) is 13.7. The molecule has 3 aliphatic heterocycles. The number of ether oxygens (including phenoxy) is 2. The van der Waals surface area contributed by atoms with Crippen molar-refractivity contribution < 1.29 is 14.3 Å². The number of benzene rings is 1. The molecule has 5 heteroatoms. The number of hydrogen-bond acceptors (Lipinski definition) is 4. The lowest BCUT2D eigenvalue weighted by atomic mass is 9.88. The molecule has 5 nitrogen and oxygen atoms in total. The summed E-state index contributed by atoms with van der Waals surface area (Å²) in [6.45, 7) is 8.10.